The molecular formula is C38H47F3N4O4. The van der Waals surface area contributed by atoms with Gasteiger partial charge in [0.25, 0.3) is 0 Å². The number of allylic oxidation sites excluding steroid dienone is 2. The van der Waals surface area contributed by atoms with Crippen molar-refractivity contribution in [3.63, 3.8) is 0 Å². The Morgan fingerprint density at radius 1 is 0.980 bits per heavy atom. The van der Waals surface area contributed by atoms with E-state index in [-0.39, 0.29) is 18.5 Å². The number of rotatable bonds is 9. The zero-order valence-corrected chi connectivity index (χ0v) is 29.2. The van der Waals surface area contributed by atoms with Crippen LogP contribution in [-0.2, 0) is 28.5 Å². The highest BCUT2D eigenvalue weighted by molar-refractivity contribution is 5.90. The number of hydrogen-bond acceptors (Lipinski definition) is 6. The number of carbonyl (C=O) groups excluding carboxylic acids is 2. The van der Waals surface area contributed by atoms with Crippen molar-refractivity contribution in [2.45, 2.75) is 110 Å². The predicted octanol–water partition coefficient (Wildman–Crippen LogP) is 9.10. The standard InChI is InChI=1S/C38H47F3N4O4/c1-6-26-23-25(16-18-29(26)28-19-21-44(22-20-28)36(47)49-37(3,4)5)15-17-27-11-8-9-12-30(27)32-13-10-14-33(43-32)45-34(38(39,40)41)31(24-42-45)35(46)48-7-2/h10,13-14,16,18,23-24,28H,6-9,11-12,15,17,19-22H2,1-5H3. The molecule has 0 N–H and O–H groups in total. The van der Waals surface area contributed by atoms with Crippen LogP contribution in [0.25, 0.3) is 11.4 Å². The van der Waals surface area contributed by atoms with E-state index in [9.17, 15) is 22.8 Å². The Labute approximate surface area is 286 Å². The van der Waals surface area contributed by atoms with Crippen LogP contribution in [-0.4, -0.2) is 57.0 Å². The average molecular weight is 681 g/mol. The van der Waals surface area contributed by atoms with Crippen molar-refractivity contribution in [2.24, 2.45) is 0 Å². The number of pyridine rings is 1. The van der Waals surface area contributed by atoms with Crippen molar-refractivity contribution in [2.75, 3.05) is 19.7 Å². The highest BCUT2D eigenvalue weighted by atomic mass is 19.4. The molecule has 0 saturated carbocycles. The molecule has 1 aliphatic heterocycles. The van der Waals surface area contributed by atoms with Crippen LogP contribution in [0.2, 0.25) is 0 Å². The van der Waals surface area contributed by atoms with Crippen molar-refractivity contribution in [1.29, 1.82) is 0 Å². The van der Waals surface area contributed by atoms with Gasteiger partial charge in [-0.05, 0) is 126 Å². The molecular weight excluding hydrogens is 633 g/mol. The number of likely N-dealkylation sites (tertiary alicyclic amines) is 1. The summed E-state index contributed by atoms with van der Waals surface area (Å²) in [7, 11) is 0. The van der Waals surface area contributed by atoms with Crippen molar-refractivity contribution in [3.8, 4) is 5.82 Å². The molecule has 264 valence electrons. The van der Waals surface area contributed by atoms with Gasteiger partial charge in [-0.3, -0.25) is 0 Å². The molecule has 0 spiro atoms. The number of alkyl halides is 3. The third kappa shape index (κ3) is 8.72. The van der Waals surface area contributed by atoms with Gasteiger partial charge in [0.05, 0.1) is 18.5 Å². The Bertz CT molecular complexity index is 1680. The summed E-state index contributed by atoms with van der Waals surface area (Å²) in [5, 5.41) is 3.91. The number of piperidine rings is 1. The van der Waals surface area contributed by atoms with E-state index < -0.39 is 29.0 Å². The van der Waals surface area contributed by atoms with Crippen molar-refractivity contribution in [3.05, 3.63) is 81.8 Å². The van der Waals surface area contributed by atoms with E-state index in [1.54, 1.807) is 6.07 Å². The van der Waals surface area contributed by atoms with Crippen molar-refractivity contribution < 1.29 is 32.2 Å². The molecule has 3 aromatic rings. The first-order valence-electron chi connectivity index (χ1n) is 17.4. The summed E-state index contributed by atoms with van der Waals surface area (Å²) in [5.74, 6) is -0.676. The maximum absolute atomic E-state index is 14.2. The first-order chi connectivity index (χ1) is 23.3. The van der Waals surface area contributed by atoms with Crippen LogP contribution in [0, 0.1) is 0 Å². The SMILES string of the molecule is CCOC(=O)c1cnn(-c2cccc(C3=C(CCc4ccc(C5CCN(C(=O)OC(C)(C)C)CC5)c(CC)c4)CCCC3)n2)c1C(F)(F)F. The molecule has 1 aromatic carbocycles. The summed E-state index contributed by atoms with van der Waals surface area (Å²) in [6.07, 6.45) is 3.97. The minimum atomic E-state index is -4.84. The minimum Gasteiger partial charge on any atom is -0.462 e. The number of aromatic nitrogens is 3. The lowest BCUT2D eigenvalue weighted by Crippen LogP contribution is -2.41. The number of esters is 1. The molecule has 1 fully saturated rings. The van der Waals surface area contributed by atoms with Crippen LogP contribution in [0.3, 0.4) is 0 Å². The van der Waals surface area contributed by atoms with Crippen LogP contribution in [0.4, 0.5) is 18.0 Å². The van der Waals surface area contributed by atoms with Crippen LogP contribution in [0.1, 0.15) is 124 Å². The van der Waals surface area contributed by atoms with Gasteiger partial charge in [0, 0.05) is 13.1 Å². The first-order valence-corrected chi connectivity index (χ1v) is 17.4. The highest BCUT2D eigenvalue weighted by Crippen LogP contribution is 2.37. The van der Waals surface area contributed by atoms with Crippen LogP contribution >= 0.6 is 0 Å². The number of benzene rings is 1. The van der Waals surface area contributed by atoms with Gasteiger partial charge in [-0.1, -0.05) is 36.8 Å². The predicted molar refractivity (Wildman–Crippen MR) is 182 cm³/mol. The van der Waals surface area contributed by atoms with E-state index in [1.165, 1.54) is 35.3 Å². The summed E-state index contributed by atoms with van der Waals surface area (Å²) >= 11 is 0. The number of halogens is 3. The van der Waals surface area contributed by atoms with E-state index in [2.05, 4.69) is 35.2 Å². The van der Waals surface area contributed by atoms with Crippen LogP contribution in [0.15, 0.2) is 48.2 Å². The molecule has 3 heterocycles. The number of amides is 1. The first kappa shape index (κ1) is 36.1. The summed E-state index contributed by atoms with van der Waals surface area (Å²) in [4.78, 5) is 31.3. The molecule has 49 heavy (non-hydrogen) atoms. The largest absolute Gasteiger partial charge is 0.462 e. The topological polar surface area (TPSA) is 86.6 Å². The molecule has 1 aliphatic carbocycles. The van der Waals surface area contributed by atoms with Crippen LogP contribution < -0.4 is 0 Å². The quantitative estimate of drug-likeness (QED) is 0.210. The average Bonchev–Trinajstić information content (AvgIpc) is 3.54. The second-order valence-electron chi connectivity index (χ2n) is 13.8. The van der Waals surface area contributed by atoms with Gasteiger partial charge < -0.3 is 14.4 Å². The second-order valence-corrected chi connectivity index (χ2v) is 13.8. The number of ether oxygens (including phenoxy) is 2. The fourth-order valence-corrected chi connectivity index (χ4v) is 6.93. The molecule has 8 nitrogen and oxygen atoms in total. The zero-order chi connectivity index (χ0) is 35.3. The summed E-state index contributed by atoms with van der Waals surface area (Å²) in [6, 6.07) is 11.8. The number of carbonyl (C=O) groups is 2. The van der Waals surface area contributed by atoms with Gasteiger partial charge in [-0.2, -0.15) is 18.3 Å². The lowest BCUT2D eigenvalue weighted by atomic mass is 9.83. The lowest BCUT2D eigenvalue weighted by Gasteiger charge is -2.34. The van der Waals surface area contributed by atoms with Gasteiger partial charge in [-0.25, -0.2) is 19.3 Å². The summed E-state index contributed by atoms with van der Waals surface area (Å²) < 4.78 is 53.6. The molecule has 0 radical (unpaired) electrons. The Balaban J connectivity index is 1.32. The maximum atomic E-state index is 14.2. The van der Waals surface area contributed by atoms with Crippen molar-refractivity contribution >= 4 is 17.6 Å². The van der Waals surface area contributed by atoms with Gasteiger partial charge in [0.1, 0.15) is 11.2 Å². The molecule has 2 aliphatic rings. The third-order valence-corrected chi connectivity index (χ3v) is 9.27. The molecule has 1 saturated heterocycles. The Morgan fingerprint density at radius 3 is 2.39 bits per heavy atom. The van der Waals surface area contributed by atoms with Crippen molar-refractivity contribution in [1.82, 2.24) is 19.7 Å². The van der Waals surface area contributed by atoms with Gasteiger partial charge in [0.2, 0.25) is 0 Å². The summed E-state index contributed by atoms with van der Waals surface area (Å²) in [6.45, 7) is 10.7. The van der Waals surface area contributed by atoms with E-state index in [4.69, 9.17) is 9.47 Å². The molecule has 1 amide bonds. The van der Waals surface area contributed by atoms with E-state index in [1.807, 2.05) is 31.7 Å². The Morgan fingerprint density at radius 2 is 1.71 bits per heavy atom. The monoisotopic (exact) mass is 680 g/mol. The molecule has 2 aromatic heterocycles. The number of nitrogens with zero attached hydrogens (tertiary/aromatic N) is 4. The molecule has 0 unspecified atom stereocenters. The van der Waals surface area contributed by atoms with Gasteiger partial charge in [0.15, 0.2) is 11.5 Å². The molecule has 0 atom stereocenters. The zero-order valence-electron chi connectivity index (χ0n) is 29.2. The Kier molecular flexibility index (Phi) is 11.2. The number of hydrogen-bond donors (Lipinski definition) is 0. The van der Waals surface area contributed by atoms with E-state index >= 15 is 0 Å². The van der Waals surface area contributed by atoms with Gasteiger partial charge >= 0.3 is 18.2 Å². The number of aryl methyl sites for hydroxylation is 2. The molecule has 11 heteroatoms. The second kappa shape index (κ2) is 15.2. The molecule has 5 rings (SSSR count). The molecule has 0 bridgehead atoms. The van der Waals surface area contributed by atoms with E-state index in [0.717, 1.165) is 69.6 Å². The lowest BCUT2D eigenvalue weighted by molar-refractivity contribution is -0.143. The van der Waals surface area contributed by atoms with Gasteiger partial charge in [-0.15, -0.1) is 0 Å². The maximum Gasteiger partial charge on any atom is 0.434 e. The van der Waals surface area contributed by atoms with E-state index in [0.29, 0.717) is 29.4 Å². The van der Waals surface area contributed by atoms with Crippen LogP contribution in [0.5, 0.6) is 0 Å². The minimum absolute atomic E-state index is 0.00194. The normalized spacial score (nSPS) is 16.2. The third-order valence-electron chi connectivity index (χ3n) is 9.27. The fourth-order valence-electron chi connectivity index (χ4n) is 6.93. The Hall–Kier alpha value is -4.15. The fraction of sp³-hybridized carbons (Fsp3) is 0.526. The highest BCUT2D eigenvalue weighted by Gasteiger charge is 2.41. The smallest absolute Gasteiger partial charge is 0.434 e. The summed E-state index contributed by atoms with van der Waals surface area (Å²) in [5.41, 5.74) is 4.59.